The maximum absolute atomic E-state index is 15.9. The summed E-state index contributed by atoms with van der Waals surface area (Å²) in [6.45, 7) is 9.46. The summed E-state index contributed by atoms with van der Waals surface area (Å²) in [4.78, 5) is 60.9. The number of rotatable bonds is 16. The fraction of sp³-hybridized carbons (Fsp3) is 0.398. The third-order valence-corrected chi connectivity index (χ3v) is 30.5. The fourth-order valence-electron chi connectivity index (χ4n) is 22.1. The molecular weight excluding hydrogens is 1690 g/mol. The van der Waals surface area contributed by atoms with E-state index in [2.05, 4.69) is 137 Å². The highest BCUT2D eigenvalue weighted by Crippen LogP contribution is 2.53. The number of anilines is 3. The van der Waals surface area contributed by atoms with Gasteiger partial charge in [-0.15, -0.1) is 11.3 Å². The minimum Gasteiger partial charge on any atom is -0.443 e. The van der Waals surface area contributed by atoms with Crippen molar-refractivity contribution in [3.05, 3.63) is 171 Å². The van der Waals surface area contributed by atoms with Gasteiger partial charge in [-0.05, 0) is 222 Å². The highest BCUT2D eigenvalue weighted by molar-refractivity contribution is 7.13. The Kier molecular flexibility index (Phi) is 22.5. The van der Waals surface area contributed by atoms with Crippen molar-refractivity contribution in [3.8, 4) is 90.9 Å². The van der Waals surface area contributed by atoms with E-state index in [1.165, 1.54) is 103 Å². The Bertz CT molecular complexity index is 6110. The van der Waals surface area contributed by atoms with Crippen molar-refractivity contribution < 1.29 is 13.3 Å². The van der Waals surface area contributed by atoms with E-state index in [0.717, 1.165) is 90.4 Å². The van der Waals surface area contributed by atoms with Crippen LogP contribution in [0.2, 0.25) is 20.1 Å². The van der Waals surface area contributed by atoms with Crippen LogP contribution in [0.15, 0.2) is 149 Å². The van der Waals surface area contributed by atoms with E-state index in [-0.39, 0.29) is 5.82 Å². The molecule has 12 aliphatic rings. The van der Waals surface area contributed by atoms with Gasteiger partial charge in [0.25, 0.3) is 0 Å². The number of hydrogen-bond acceptors (Lipinski definition) is 24. The average molecular weight is 1780 g/mol. The van der Waals surface area contributed by atoms with E-state index in [4.69, 9.17) is 90.2 Å². The molecular formula is C93H92Cl4FN25O2S. The molecule has 15 heterocycles. The largest absolute Gasteiger partial charge is 0.443 e. The lowest BCUT2D eigenvalue weighted by molar-refractivity contribution is 0.0334. The molecule has 28 rings (SSSR count). The van der Waals surface area contributed by atoms with Crippen LogP contribution in [-0.4, -0.2) is 129 Å². The first kappa shape index (κ1) is 81.7. The van der Waals surface area contributed by atoms with Crippen LogP contribution < -0.4 is 16.0 Å². The quantitative estimate of drug-likeness (QED) is 0.0472. The first-order chi connectivity index (χ1) is 61.5. The summed E-state index contributed by atoms with van der Waals surface area (Å²) in [5, 5.41) is 51.7. The summed E-state index contributed by atoms with van der Waals surface area (Å²) in [7, 11) is 0. The summed E-state index contributed by atoms with van der Waals surface area (Å²) >= 11 is 26.4. The number of nitrogens with one attached hydrogen (secondary N) is 7. The molecule has 126 heavy (non-hydrogen) atoms. The van der Waals surface area contributed by atoms with E-state index < -0.39 is 0 Å². The summed E-state index contributed by atoms with van der Waals surface area (Å²) in [5.41, 5.74) is 8.70. The van der Waals surface area contributed by atoms with Crippen LogP contribution >= 0.6 is 57.7 Å². The number of nitrogens with zero attached hydrogens (tertiary/aromatic N) is 18. The number of aromatic nitrogens is 22. The zero-order valence-corrected chi connectivity index (χ0v) is 73.5. The molecule has 15 aromatic heterocycles. The molecule has 12 saturated carbocycles. The van der Waals surface area contributed by atoms with Crippen molar-refractivity contribution in [1.29, 1.82) is 0 Å². The van der Waals surface area contributed by atoms with Gasteiger partial charge in [-0.1, -0.05) is 116 Å². The Morgan fingerprint density at radius 1 is 0.413 bits per heavy atom. The van der Waals surface area contributed by atoms with Gasteiger partial charge in [-0.3, -0.25) is 20.4 Å². The van der Waals surface area contributed by atoms with Gasteiger partial charge in [0.05, 0.1) is 70.3 Å². The van der Waals surface area contributed by atoms with Gasteiger partial charge in [0.15, 0.2) is 57.5 Å². The molecule has 0 amide bonds. The molecule has 0 saturated heterocycles. The fourth-order valence-corrected chi connectivity index (χ4v) is 23.4. The van der Waals surface area contributed by atoms with Gasteiger partial charge in [0, 0.05) is 72.7 Å². The Labute approximate surface area is 748 Å². The number of H-pyrrole nitrogens is 4. The second-order valence-electron chi connectivity index (χ2n) is 35.6. The van der Waals surface area contributed by atoms with E-state index in [0.29, 0.717) is 189 Å². The number of fused-ring (bicyclic) bond motifs is 16. The van der Waals surface area contributed by atoms with Crippen LogP contribution in [0.3, 0.4) is 0 Å². The predicted octanol–water partition coefficient (Wildman–Crippen LogP) is 22.4. The molecule has 27 nitrogen and oxygen atoms in total. The van der Waals surface area contributed by atoms with Crippen molar-refractivity contribution in [2.45, 2.75) is 155 Å². The molecule has 0 spiro atoms. The molecule has 1 aromatic carbocycles. The van der Waals surface area contributed by atoms with Gasteiger partial charge in [-0.2, -0.15) is 20.4 Å². The van der Waals surface area contributed by atoms with Crippen molar-refractivity contribution in [1.82, 2.24) is 111 Å². The zero-order chi connectivity index (χ0) is 85.4. The maximum Gasteiger partial charge on any atom is 0.245 e. The van der Waals surface area contributed by atoms with Crippen LogP contribution in [0.1, 0.15) is 136 Å². The number of halogens is 5. The first-order valence-electron chi connectivity index (χ1n) is 44.0. The van der Waals surface area contributed by atoms with Crippen molar-refractivity contribution >= 4 is 119 Å². The molecule has 12 fully saturated rings. The van der Waals surface area contributed by atoms with Gasteiger partial charge >= 0.3 is 0 Å². The molecule has 12 aliphatic carbocycles. The molecule has 0 aliphatic heterocycles. The van der Waals surface area contributed by atoms with Crippen LogP contribution in [0.4, 0.5) is 21.8 Å². The van der Waals surface area contributed by atoms with Crippen molar-refractivity contribution in [3.63, 3.8) is 0 Å². The third kappa shape index (κ3) is 16.3. The summed E-state index contributed by atoms with van der Waals surface area (Å²) in [5.74, 6) is 14.0. The maximum atomic E-state index is 15.9. The predicted molar refractivity (Wildman–Crippen MR) is 487 cm³/mol. The number of pyridine rings is 4. The topological polar surface area (TPSA) is 358 Å². The average Bonchev–Trinajstić information content (AvgIpc) is 1.62. The molecule has 0 radical (unpaired) electrons. The van der Waals surface area contributed by atoms with Crippen molar-refractivity contribution in [2.75, 3.05) is 16.0 Å². The standard InChI is InChI=1S/C26H25ClFN5.C23H23ClN6S.2C22H22ClN7O/c1-14-15-7-9-16(10-8-15)19(14)12-21-22(28)23(17-5-3-2-4-6-17)31-26(30-21)24-20-11-18(27)13-29-25(20)33-32-24;1-12-13-4-6-14(7-5-13)20(12)27-19-10-17(18-3-2-8-31-18)26-23(28-19)21-16-9-15(24)11-25-22(16)30-29-21;1-11-12-2-4-13(5-3-12)18(11)27-17-9-16(22-24-6-7-31-22)26-21(28-17)19-15-8-14(23)10-25-20(15)30-29-19;1-11-12-2-4-13(5-3-12)19(11)27-18-9-16(17-6-7-25-31-17)26-22(28-18)20-15-8-14(23)10-24-21(15)30-29-20/h2-6,11,13-16,19H,7-10,12H2,1H3,(H,29,32,33);2-3,8-14,20H,4-7H2,1H3,(H,25,29,30)(H,26,27,28);6-13,18H,2-5H2,1H3,(H,25,29,30)(H,26,27,28);6-13,19H,2-5H2,1H3,(H,24,29,30)(H,26,27,28). The Balaban J connectivity index is 0.000000103. The number of oxazole rings is 1. The van der Waals surface area contributed by atoms with Crippen LogP contribution in [-0.2, 0) is 6.42 Å². The van der Waals surface area contributed by atoms with E-state index >= 15 is 4.39 Å². The molecule has 16 aromatic rings. The van der Waals surface area contributed by atoms with Crippen LogP contribution in [0, 0.1) is 82.7 Å². The van der Waals surface area contributed by atoms with E-state index in [1.54, 1.807) is 66.9 Å². The molecule has 642 valence electrons. The second kappa shape index (κ2) is 34.8. The minimum atomic E-state index is -0.321. The van der Waals surface area contributed by atoms with Crippen LogP contribution in [0.25, 0.3) is 135 Å². The van der Waals surface area contributed by atoms with Crippen molar-refractivity contribution in [2.24, 2.45) is 76.9 Å². The minimum absolute atomic E-state index is 0.321. The van der Waals surface area contributed by atoms with E-state index in [1.807, 2.05) is 66.7 Å². The third-order valence-electron chi connectivity index (χ3n) is 28.8. The lowest BCUT2D eigenvalue weighted by Gasteiger charge is -2.47. The lowest BCUT2D eigenvalue weighted by atomic mass is 9.58. The molecule has 33 heteroatoms. The Hall–Kier alpha value is -11.4. The first-order valence-corrected chi connectivity index (χ1v) is 46.4. The Morgan fingerprint density at radius 3 is 1.22 bits per heavy atom. The van der Waals surface area contributed by atoms with Crippen LogP contribution in [0.5, 0.6) is 0 Å². The normalized spacial score (nSPS) is 25.0. The smallest absolute Gasteiger partial charge is 0.245 e. The summed E-state index contributed by atoms with van der Waals surface area (Å²) < 4.78 is 26.8. The SMILES string of the molecule is CC1C2CCC(CC2)C1Cc1nc(-c2[nH]nc3ncc(Cl)cc23)nc(-c2ccccc2)c1F.CC1C2CCC(CC2)C1Nc1cc(-c2cccs2)nc(-c2[nH]nc3ncc(Cl)cc23)n1.CC1C2CCC(CC2)C1Nc1cc(-c2ccno2)nc(-c2[nH]nc3ncc(Cl)cc23)n1.CC1C2CCC(CC2)C1Nc1cc(-c2ncco2)nc(-c2[nH]nc3ncc(Cl)cc23)n1. The number of aromatic amines is 4. The number of benzene rings is 1. The van der Waals surface area contributed by atoms with E-state index in [9.17, 15) is 0 Å². The number of hydrogen-bond donors (Lipinski definition) is 7. The summed E-state index contributed by atoms with van der Waals surface area (Å²) in [6.07, 6.45) is 32.7. The van der Waals surface area contributed by atoms with Gasteiger partial charge in [0.2, 0.25) is 5.89 Å². The highest BCUT2D eigenvalue weighted by Gasteiger charge is 2.46. The monoisotopic (exact) mass is 1780 g/mol. The summed E-state index contributed by atoms with van der Waals surface area (Å²) in [6, 6.07) is 29.9. The highest BCUT2D eigenvalue weighted by atomic mass is 35.5. The molecule has 8 unspecified atom stereocenters. The van der Waals surface area contributed by atoms with Gasteiger partial charge in [-0.25, -0.2) is 69.2 Å². The molecule has 8 atom stereocenters. The molecule has 8 bridgehead atoms. The molecule has 7 N–H and O–H groups in total. The number of thiophene rings is 1. The van der Waals surface area contributed by atoms with Gasteiger partial charge in [0.1, 0.15) is 63.6 Å². The zero-order valence-electron chi connectivity index (χ0n) is 69.7. The van der Waals surface area contributed by atoms with Gasteiger partial charge < -0.3 is 24.9 Å². The second-order valence-corrected chi connectivity index (χ2v) is 38.3. The lowest BCUT2D eigenvalue weighted by Crippen LogP contribution is -2.47. The Morgan fingerprint density at radius 2 is 0.817 bits per heavy atom.